The third-order valence-electron chi connectivity index (χ3n) is 3.97. The zero-order valence-corrected chi connectivity index (χ0v) is 16.1. The molecule has 1 atom stereocenters. The first-order valence-electron chi connectivity index (χ1n) is 8.88. The van der Waals surface area contributed by atoms with Gasteiger partial charge in [-0.05, 0) is 25.1 Å². The molecule has 29 heavy (non-hydrogen) atoms. The number of amides is 1. The molecule has 0 saturated carbocycles. The van der Waals surface area contributed by atoms with Crippen LogP contribution in [0.2, 0.25) is 0 Å². The topological polar surface area (TPSA) is 116 Å². The van der Waals surface area contributed by atoms with E-state index < -0.39 is 42.6 Å². The minimum absolute atomic E-state index is 0.0255. The van der Waals surface area contributed by atoms with Crippen LogP contribution in [0.5, 0.6) is 0 Å². The van der Waals surface area contributed by atoms with Crippen molar-refractivity contribution in [1.29, 1.82) is 0 Å². The lowest BCUT2D eigenvalue weighted by Gasteiger charge is -2.22. The normalized spacial score (nSPS) is 11.2. The maximum absolute atomic E-state index is 12.9. The minimum atomic E-state index is -1.35. The highest BCUT2D eigenvalue weighted by Gasteiger charge is 2.33. The summed E-state index contributed by atoms with van der Waals surface area (Å²) in [4.78, 5) is 58.1. The van der Waals surface area contributed by atoms with Gasteiger partial charge in [0.25, 0.3) is 0 Å². The van der Waals surface area contributed by atoms with Crippen LogP contribution in [0, 0.1) is 5.92 Å². The highest BCUT2D eigenvalue weighted by atomic mass is 16.5. The zero-order chi connectivity index (χ0) is 21.2. The van der Waals surface area contributed by atoms with Crippen molar-refractivity contribution in [1.82, 2.24) is 9.97 Å². The molecule has 152 valence electrons. The first-order chi connectivity index (χ1) is 13.9. The lowest BCUT2D eigenvalue weighted by molar-refractivity contribution is -0.149. The minimum Gasteiger partial charge on any atom is -0.466 e. The number of Topliss-reactive ketones (excluding diaryl/α,β-unsaturated/α-hetero) is 1. The first-order valence-corrected chi connectivity index (χ1v) is 8.88. The van der Waals surface area contributed by atoms with Crippen LogP contribution in [0.4, 0.5) is 5.69 Å². The fraction of sp³-hybridized carbons (Fsp3) is 0.300. The second kappa shape index (κ2) is 10.6. The van der Waals surface area contributed by atoms with E-state index in [1.807, 2.05) is 0 Å². The molecule has 1 aromatic carbocycles. The Hall–Kier alpha value is -3.62. The Morgan fingerprint density at radius 3 is 2.41 bits per heavy atom. The van der Waals surface area contributed by atoms with E-state index in [9.17, 15) is 19.2 Å². The van der Waals surface area contributed by atoms with Gasteiger partial charge in [-0.2, -0.15) is 0 Å². The van der Waals surface area contributed by atoms with Gasteiger partial charge in [0.2, 0.25) is 5.91 Å². The van der Waals surface area contributed by atoms with E-state index in [0.717, 1.165) is 0 Å². The summed E-state index contributed by atoms with van der Waals surface area (Å²) in [6.45, 7) is 1.06. The number of ketones is 1. The number of hydrogen-bond acceptors (Lipinski definition) is 8. The fourth-order valence-corrected chi connectivity index (χ4v) is 2.46. The number of benzene rings is 1. The Morgan fingerprint density at radius 1 is 1.07 bits per heavy atom. The van der Waals surface area contributed by atoms with E-state index in [-0.39, 0.29) is 12.3 Å². The summed E-state index contributed by atoms with van der Waals surface area (Å²) in [6.07, 6.45) is 2.07. The molecule has 0 bridgehead atoms. The van der Waals surface area contributed by atoms with Crippen molar-refractivity contribution in [3.8, 4) is 0 Å². The Morgan fingerprint density at radius 2 is 1.79 bits per heavy atom. The van der Waals surface area contributed by atoms with Crippen molar-refractivity contribution in [3.05, 3.63) is 54.6 Å². The van der Waals surface area contributed by atoms with Crippen LogP contribution in [0.15, 0.2) is 48.9 Å². The molecular weight excluding hydrogens is 378 g/mol. The van der Waals surface area contributed by atoms with Gasteiger partial charge in [-0.15, -0.1) is 0 Å². The van der Waals surface area contributed by atoms with E-state index >= 15 is 0 Å². The van der Waals surface area contributed by atoms with Crippen molar-refractivity contribution in [2.75, 3.05) is 25.2 Å². The molecule has 0 N–H and O–H groups in total. The summed E-state index contributed by atoms with van der Waals surface area (Å²) in [6, 6.07) is 9.99. The summed E-state index contributed by atoms with van der Waals surface area (Å²) in [5.41, 5.74) is 0.527. The molecule has 0 aliphatic heterocycles. The third-order valence-corrected chi connectivity index (χ3v) is 3.97. The first kappa shape index (κ1) is 21.7. The van der Waals surface area contributed by atoms with Gasteiger partial charge in [0.1, 0.15) is 12.2 Å². The fourth-order valence-electron chi connectivity index (χ4n) is 2.46. The van der Waals surface area contributed by atoms with Gasteiger partial charge in [0.05, 0.1) is 13.0 Å². The lowest BCUT2D eigenvalue weighted by atomic mass is 9.98. The number of anilines is 1. The molecule has 9 nitrogen and oxygen atoms in total. The molecule has 1 heterocycles. The molecule has 1 aromatic heterocycles. The molecule has 0 radical (unpaired) electrons. The van der Waals surface area contributed by atoms with Gasteiger partial charge in [-0.3, -0.25) is 14.4 Å². The van der Waals surface area contributed by atoms with Crippen molar-refractivity contribution < 1.29 is 28.7 Å². The van der Waals surface area contributed by atoms with Gasteiger partial charge < -0.3 is 14.4 Å². The lowest BCUT2D eigenvalue weighted by Crippen LogP contribution is -2.40. The third kappa shape index (κ3) is 6.20. The number of carbonyl (C=O) groups excluding carboxylic acids is 4. The van der Waals surface area contributed by atoms with Crippen LogP contribution in [-0.2, 0) is 23.9 Å². The van der Waals surface area contributed by atoms with Gasteiger partial charge in [0.15, 0.2) is 18.1 Å². The number of carbonyl (C=O) groups is 4. The van der Waals surface area contributed by atoms with Crippen LogP contribution in [0.3, 0.4) is 0 Å². The van der Waals surface area contributed by atoms with E-state index in [1.165, 1.54) is 30.5 Å². The SMILES string of the molecule is CCOC(=O)CC(C(=O)COC(=O)c1ccncn1)C(=O)N(C)c1ccccc1. The summed E-state index contributed by atoms with van der Waals surface area (Å²) in [7, 11) is 1.50. The number of nitrogens with zero attached hydrogens (tertiary/aromatic N) is 3. The van der Waals surface area contributed by atoms with Crippen molar-refractivity contribution in [3.63, 3.8) is 0 Å². The molecule has 2 aromatic rings. The number of hydrogen-bond donors (Lipinski definition) is 0. The van der Waals surface area contributed by atoms with E-state index in [2.05, 4.69) is 9.97 Å². The maximum Gasteiger partial charge on any atom is 0.357 e. The molecule has 0 saturated heterocycles. The molecule has 9 heteroatoms. The van der Waals surface area contributed by atoms with Crippen LogP contribution < -0.4 is 4.90 Å². The van der Waals surface area contributed by atoms with Crippen molar-refractivity contribution >= 4 is 29.3 Å². The van der Waals surface area contributed by atoms with Crippen molar-refractivity contribution in [2.24, 2.45) is 5.92 Å². The summed E-state index contributed by atoms with van der Waals surface area (Å²) >= 11 is 0. The highest BCUT2D eigenvalue weighted by Crippen LogP contribution is 2.18. The van der Waals surface area contributed by atoms with Crippen LogP contribution >= 0.6 is 0 Å². The zero-order valence-electron chi connectivity index (χ0n) is 16.1. The maximum atomic E-state index is 12.9. The molecule has 0 aliphatic rings. The van der Waals surface area contributed by atoms with Crippen molar-refractivity contribution in [2.45, 2.75) is 13.3 Å². The average molecular weight is 399 g/mol. The van der Waals surface area contributed by atoms with E-state index in [1.54, 1.807) is 37.3 Å². The molecule has 0 fully saturated rings. The van der Waals surface area contributed by atoms with Gasteiger partial charge in [-0.25, -0.2) is 14.8 Å². The predicted molar refractivity (Wildman–Crippen MR) is 102 cm³/mol. The number of rotatable bonds is 9. The number of aromatic nitrogens is 2. The van der Waals surface area contributed by atoms with Crippen LogP contribution in [0.1, 0.15) is 23.8 Å². The Bertz CT molecular complexity index is 857. The monoisotopic (exact) mass is 399 g/mol. The van der Waals surface area contributed by atoms with Gasteiger partial charge >= 0.3 is 11.9 Å². The largest absolute Gasteiger partial charge is 0.466 e. The summed E-state index contributed by atoms with van der Waals surface area (Å²) < 4.78 is 9.81. The summed E-state index contributed by atoms with van der Waals surface area (Å²) in [5, 5.41) is 0. The molecule has 2 rings (SSSR count). The summed E-state index contributed by atoms with van der Waals surface area (Å²) in [5.74, 6) is -4.19. The molecule has 1 amide bonds. The Labute approximate surface area is 167 Å². The number of ether oxygens (including phenoxy) is 2. The second-order valence-corrected chi connectivity index (χ2v) is 5.93. The van der Waals surface area contributed by atoms with Crippen LogP contribution in [0.25, 0.3) is 0 Å². The molecule has 0 aliphatic carbocycles. The van der Waals surface area contributed by atoms with Gasteiger partial charge in [-0.1, -0.05) is 18.2 Å². The predicted octanol–water partition coefficient (Wildman–Crippen LogP) is 1.43. The smallest absolute Gasteiger partial charge is 0.357 e. The standard InChI is InChI=1S/C20H21N3O6/c1-3-28-18(25)11-15(19(26)23(2)14-7-5-4-6-8-14)17(24)12-29-20(27)16-9-10-21-13-22-16/h4-10,13,15H,3,11-12H2,1-2H3. The quantitative estimate of drug-likeness (QED) is 0.459. The van der Waals surface area contributed by atoms with E-state index in [0.29, 0.717) is 5.69 Å². The highest BCUT2D eigenvalue weighted by molar-refractivity contribution is 6.10. The second-order valence-electron chi connectivity index (χ2n) is 5.93. The Balaban J connectivity index is 2.11. The number of para-hydroxylation sites is 1. The van der Waals surface area contributed by atoms with Crippen LogP contribution in [-0.4, -0.2) is 53.9 Å². The molecule has 1 unspecified atom stereocenters. The average Bonchev–Trinajstić information content (AvgIpc) is 2.76. The van der Waals surface area contributed by atoms with E-state index in [4.69, 9.17) is 9.47 Å². The number of esters is 2. The Kier molecular flexibility index (Phi) is 7.96. The molecular formula is C20H21N3O6. The van der Waals surface area contributed by atoms with Gasteiger partial charge in [0, 0.05) is 18.9 Å². The molecule has 0 spiro atoms.